The van der Waals surface area contributed by atoms with E-state index in [1.165, 1.54) is 6.07 Å². The van der Waals surface area contributed by atoms with E-state index < -0.39 is 11.6 Å². The number of aromatic nitrogens is 3. The van der Waals surface area contributed by atoms with Crippen molar-refractivity contribution in [1.29, 1.82) is 0 Å². The molecule has 0 spiro atoms. The molecule has 1 aliphatic carbocycles. The number of hydrogen-bond donors (Lipinski definition) is 3. The van der Waals surface area contributed by atoms with Crippen molar-refractivity contribution in [2.75, 3.05) is 0 Å². The smallest absolute Gasteiger partial charge is 0.251 e. The fourth-order valence-electron chi connectivity index (χ4n) is 5.53. The second-order valence-electron chi connectivity index (χ2n) is 10.0. The molecule has 5 aromatic rings. The van der Waals surface area contributed by atoms with Crippen LogP contribution in [-0.2, 0) is 6.42 Å². The monoisotopic (exact) mass is 514 g/mol. The minimum atomic E-state index is -0.722. The summed E-state index contributed by atoms with van der Waals surface area (Å²) >= 11 is 1.64. The van der Waals surface area contributed by atoms with Crippen LogP contribution in [0.2, 0.25) is 0 Å². The molecule has 0 bridgehead atoms. The topological polar surface area (TPSA) is 90.9 Å². The van der Waals surface area contributed by atoms with Crippen molar-refractivity contribution in [3.63, 3.8) is 0 Å². The van der Waals surface area contributed by atoms with Crippen LogP contribution in [-0.4, -0.2) is 37.8 Å². The van der Waals surface area contributed by atoms with Crippen molar-refractivity contribution in [2.24, 2.45) is 0 Å². The molecule has 6 rings (SSSR count). The molecule has 0 aliphatic heterocycles. The summed E-state index contributed by atoms with van der Waals surface area (Å²) in [5.41, 5.74) is 3.83. The number of aryl methyl sites for hydroxylation is 1. The number of aromatic amines is 1. The third-order valence-corrected chi connectivity index (χ3v) is 8.21. The number of halogens is 1. The summed E-state index contributed by atoms with van der Waals surface area (Å²) in [5.74, 6) is -0.540. The number of benzene rings is 3. The van der Waals surface area contributed by atoms with Crippen molar-refractivity contribution in [3.05, 3.63) is 82.6 Å². The molecule has 1 amide bonds. The highest BCUT2D eigenvalue weighted by atomic mass is 32.1. The van der Waals surface area contributed by atoms with Crippen LogP contribution in [0.4, 0.5) is 4.39 Å². The van der Waals surface area contributed by atoms with Gasteiger partial charge in [0.05, 0.1) is 32.5 Å². The van der Waals surface area contributed by atoms with Crippen molar-refractivity contribution < 1.29 is 14.3 Å². The number of thiazole rings is 1. The van der Waals surface area contributed by atoms with Crippen molar-refractivity contribution in [1.82, 2.24) is 20.5 Å². The van der Waals surface area contributed by atoms with Crippen LogP contribution in [0.1, 0.15) is 46.6 Å². The van der Waals surface area contributed by atoms with E-state index in [-0.39, 0.29) is 11.7 Å². The van der Waals surface area contributed by atoms with Gasteiger partial charge in [-0.2, -0.15) is 5.10 Å². The van der Waals surface area contributed by atoms with Crippen LogP contribution in [0.15, 0.2) is 60.7 Å². The Bertz CT molecular complexity index is 1630. The maximum atomic E-state index is 14.5. The first-order valence-corrected chi connectivity index (χ1v) is 13.3. The van der Waals surface area contributed by atoms with Gasteiger partial charge in [0.15, 0.2) is 0 Å². The quantitative estimate of drug-likeness (QED) is 0.271. The fourth-order valence-corrected chi connectivity index (χ4v) is 6.40. The zero-order chi connectivity index (χ0) is 25.6. The highest BCUT2D eigenvalue weighted by molar-refractivity contribution is 7.18. The third-order valence-electron chi connectivity index (χ3n) is 7.28. The molecule has 37 heavy (non-hydrogen) atoms. The Hall–Kier alpha value is -3.62. The van der Waals surface area contributed by atoms with E-state index in [1.807, 2.05) is 31.2 Å². The number of nitrogens with zero attached hydrogens (tertiary/aromatic N) is 2. The van der Waals surface area contributed by atoms with Crippen LogP contribution >= 0.6 is 11.3 Å². The van der Waals surface area contributed by atoms with Crippen LogP contribution in [0.5, 0.6) is 0 Å². The summed E-state index contributed by atoms with van der Waals surface area (Å²) in [7, 11) is 0. The van der Waals surface area contributed by atoms with E-state index in [9.17, 15) is 14.3 Å². The molecule has 1 saturated carbocycles. The Kier molecular flexibility index (Phi) is 6.01. The Morgan fingerprint density at radius 2 is 2.08 bits per heavy atom. The van der Waals surface area contributed by atoms with Crippen LogP contribution in [0.3, 0.4) is 0 Å². The molecule has 0 saturated heterocycles. The molecule has 6 nitrogen and oxygen atoms in total. The highest BCUT2D eigenvalue weighted by Gasteiger charge is 2.38. The normalized spacial score (nSPS) is 19.9. The number of fused-ring (bicyclic) bond motifs is 2. The van der Waals surface area contributed by atoms with Gasteiger partial charge in [0, 0.05) is 22.1 Å². The molecule has 1 fully saturated rings. The first-order chi connectivity index (χ1) is 17.9. The number of carbonyl (C=O) groups is 1. The van der Waals surface area contributed by atoms with Gasteiger partial charge in [0.25, 0.3) is 5.91 Å². The van der Waals surface area contributed by atoms with E-state index >= 15 is 0 Å². The van der Waals surface area contributed by atoms with Gasteiger partial charge in [0.2, 0.25) is 0 Å². The molecule has 3 aromatic carbocycles. The van der Waals surface area contributed by atoms with Crippen LogP contribution in [0.25, 0.3) is 32.4 Å². The van der Waals surface area contributed by atoms with Gasteiger partial charge in [-0.25, -0.2) is 9.37 Å². The number of H-pyrrole nitrogens is 1. The second kappa shape index (κ2) is 9.36. The molecule has 188 valence electrons. The number of carbonyl (C=O) groups excluding carboxylic acids is 1. The van der Waals surface area contributed by atoms with E-state index in [0.29, 0.717) is 36.8 Å². The summed E-state index contributed by atoms with van der Waals surface area (Å²) in [6.07, 6.45) is 2.31. The van der Waals surface area contributed by atoms with Crippen LogP contribution < -0.4 is 5.32 Å². The lowest BCUT2D eigenvalue weighted by Crippen LogP contribution is -2.54. The number of nitrogens with one attached hydrogen (secondary N) is 2. The predicted molar refractivity (Wildman–Crippen MR) is 144 cm³/mol. The molecular formula is C29H27FN4O2S. The predicted octanol–water partition coefficient (Wildman–Crippen LogP) is 5.93. The average molecular weight is 515 g/mol. The number of aliphatic hydroxyl groups excluding tert-OH is 1. The van der Waals surface area contributed by atoms with E-state index in [4.69, 9.17) is 0 Å². The van der Waals surface area contributed by atoms with E-state index in [0.717, 1.165) is 43.8 Å². The Balaban J connectivity index is 1.33. The Labute approximate surface area is 217 Å². The number of amides is 1. The Morgan fingerprint density at radius 3 is 2.92 bits per heavy atom. The van der Waals surface area contributed by atoms with Crippen molar-refractivity contribution in [3.8, 4) is 11.3 Å². The summed E-state index contributed by atoms with van der Waals surface area (Å²) in [5, 5.41) is 23.1. The summed E-state index contributed by atoms with van der Waals surface area (Å²) in [6, 6.07) is 18.2. The number of rotatable bonds is 5. The zero-order valence-electron chi connectivity index (χ0n) is 20.4. The van der Waals surface area contributed by atoms with Gasteiger partial charge < -0.3 is 10.4 Å². The molecule has 2 aromatic heterocycles. The maximum absolute atomic E-state index is 14.5. The lowest BCUT2D eigenvalue weighted by atomic mass is 9.76. The number of aliphatic hydroxyl groups is 1. The van der Waals surface area contributed by atoms with Gasteiger partial charge in [0.1, 0.15) is 5.82 Å². The highest BCUT2D eigenvalue weighted by Crippen LogP contribution is 2.34. The summed E-state index contributed by atoms with van der Waals surface area (Å²) in [4.78, 5) is 18.1. The molecule has 2 heterocycles. The first-order valence-electron chi connectivity index (χ1n) is 12.5. The molecular weight excluding hydrogens is 487 g/mol. The van der Waals surface area contributed by atoms with Gasteiger partial charge in [-0.1, -0.05) is 24.3 Å². The van der Waals surface area contributed by atoms with E-state index in [2.05, 4.69) is 26.6 Å². The van der Waals surface area contributed by atoms with Crippen LogP contribution in [0, 0.1) is 12.7 Å². The SMILES string of the molecule is Cc1nc2ccc(-c3n[nH]c4ccc(C(=O)NC5(Cc6ccccc6F)CCC[C@H](O)C5)cc34)cc2s1. The summed E-state index contributed by atoms with van der Waals surface area (Å²) < 4.78 is 15.6. The van der Waals surface area contributed by atoms with E-state index in [1.54, 1.807) is 35.6 Å². The zero-order valence-corrected chi connectivity index (χ0v) is 21.2. The first kappa shape index (κ1) is 23.8. The molecule has 1 aliphatic rings. The van der Waals surface area contributed by atoms with Gasteiger partial charge >= 0.3 is 0 Å². The standard InChI is InChI=1S/C29H27FN4O2S/c1-17-31-25-11-8-18(14-26(25)37-17)27-22-13-19(9-10-24(22)33-34-27)28(36)32-29(12-4-6-21(35)16-29)15-20-5-2-3-7-23(20)30/h2-3,5,7-11,13-14,21,35H,4,6,12,15-16H2,1H3,(H,32,36)(H,33,34)/t21-,29?/m0/s1. The molecule has 2 atom stereocenters. The molecule has 8 heteroatoms. The maximum Gasteiger partial charge on any atom is 0.251 e. The fraction of sp³-hybridized carbons (Fsp3) is 0.276. The minimum Gasteiger partial charge on any atom is -0.393 e. The molecule has 3 N–H and O–H groups in total. The number of hydrogen-bond acceptors (Lipinski definition) is 5. The van der Waals surface area contributed by atoms with Gasteiger partial charge in [-0.3, -0.25) is 9.89 Å². The summed E-state index contributed by atoms with van der Waals surface area (Å²) in [6.45, 7) is 1.99. The molecule has 1 unspecified atom stereocenters. The van der Waals surface area contributed by atoms with Crippen molar-refractivity contribution in [2.45, 2.75) is 50.7 Å². The lowest BCUT2D eigenvalue weighted by molar-refractivity contribution is 0.0603. The lowest BCUT2D eigenvalue weighted by Gasteiger charge is -2.40. The average Bonchev–Trinajstić information content (AvgIpc) is 3.46. The third kappa shape index (κ3) is 4.63. The Morgan fingerprint density at radius 1 is 1.22 bits per heavy atom. The van der Waals surface area contributed by atoms with Gasteiger partial charge in [-0.05, 0) is 81.0 Å². The minimum absolute atomic E-state index is 0.243. The van der Waals surface area contributed by atoms with Gasteiger partial charge in [-0.15, -0.1) is 11.3 Å². The van der Waals surface area contributed by atoms with Crippen molar-refractivity contribution >= 4 is 38.4 Å². The second-order valence-corrected chi connectivity index (χ2v) is 11.2. The molecule has 0 radical (unpaired) electrons. The largest absolute Gasteiger partial charge is 0.393 e.